The van der Waals surface area contributed by atoms with Crippen molar-refractivity contribution in [3.05, 3.63) is 71.9 Å². The second-order valence-corrected chi connectivity index (χ2v) is 7.05. The Morgan fingerprint density at radius 3 is 2.88 bits per heavy atom. The predicted molar refractivity (Wildman–Crippen MR) is 100 cm³/mol. The number of hydrogen-bond acceptors (Lipinski definition) is 3. The molecule has 1 aromatic carbocycles. The first-order chi connectivity index (χ1) is 12.7. The van der Waals surface area contributed by atoms with E-state index in [0.29, 0.717) is 5.92 Å². The van der Waals surface area contributed by atoms with Gasteiger partial charge in [0.15, 0.2) is 0 Å². The number of nitrogens with zero attached hydrogens (tertiary/aromatic N) is 4. The molecule has 0 unspecified atom stereocenters. The van der Waals surface area contributed by atoms with Gasteiger partial charge < -0.3 is 0 Å². The Morgan fingerprint density at radius 2 is 2.08 bits per heavy atom. The van der Waals surface area contributed by atoms with Crippen LogP contribution in [0.5, 0.6) is 0 Å². The summed E-state index contributed by atoms with van der Waals surface area (Å²) in [6.45, 7) is 3.03. The molecule has 134 valence electrons. The van der Waals surface area contributed by atoms with Crippen molar-refractivity contribution >= 4 is 0 Å². The molecule has 0 N–H and O–H groups in total. The van der Waals surface area contributed by atoms with Gasteiger partial charge in [-0.05, 0) is 43.7 Å². The standard InChI is InChI=1S/C21H23FN4/c1-25-13-16(12-23-25)14-26-10-4-6-18(15-26)21-9-3-8-20(24-21)17-5-2-7-19(22)11-17/h2-3,5,7-9,11-13,18H,4,6,10,14-15H2,1H3/t18-/m1/s1. The number of aromatic nitrogens is 3. The van der Waals surface area contributed by atoms with Gasteiger partial charge in [0.05, 0.1) is 11.9 Å². The van der Waals surface area contributed by atoms with Gasteiger partial charge in [0.25, 0.3) is 0 Å². The Labute approximate surface area is 153 Å². The van der Waals surface area contributed by atoms with Gasteiger partial charge in [-0.3, -0.25) is 14.6 Å². The molecule has 0 radical (unpaired) electrons. The van der Waals surface area contributed by atoms with Gasteiger partial charge in [-0.2, -0.15) is 5.10 Å². The van der Waals surface area contributed by atoms with Gasteiger partial charge in [0.2, 0.25) is 0 Å². The highest BCUT2D eigenvalue weighted by atomic mass is 19.1. The molecule has 4 rings (SSSR count). The Morgan fingerprint density at radius 1 is 1.19 bits per heavy atom. The topological polar surface area (TPSA) is 34.0 Å². The van der Waals surface area contributed by atoms with Crippen molar-refractivity contribution in [2.75, 3.05) is 13.1 Å². The van der Waals surface area contributed by atoms with Crippen LogP contribution in [0, 0.1) is 5.82 Å². The summed E-state index contributed by atoms with van der Waals surface area (Å²) in [5.74, 6) is 0.184. The molecule has 1 atom stereocenters. The molecule has 0 spiro atoms. The lowest BCUT2D eigenvalue weighted by atomic mass is 9.93. The van der Waals surface area contributed by atoms with Crippen LogP contribution in [0.25, 0.3) is 11.3 Å². The molecule has 3 heterocycles. The molecule has 1 aliphatic heterocycles. The fraction of sp³-hybridized carbons (Fsp3) is 0.333. The number of likely N-dealkylation sites (tertiary alicyclic amines) is 1. The fourth-order valence-electron chi connectivity index (χ4n) is 3.74. The normalized spacial score (nSPS) is 18.2. The molecular weight excluding hydrogens is 327 g/mol. The number of aryl methyl sites for hydroxylation is 1. The number of piperidine rings is 1. The highest BCUT2D eigenvalue weighted by Gasteiger charge is 2.23. The first-order valence-corrected chi connectivity index (χ1v) is 9.10. The van der Waals surface area contributed by atoms with Crippen LogP contribution in [-0.2, 0) is 13.6 Å². The Kier molecular flexibility index (Phi) is 4.80. The maximum atomic E-state index is 13.5. The average molecular weight is 350 g/mol. The third-order valence-corrected chi connectivity index (χ3v) is 4.98. The van der Waals surface area contributed by atoms with Crippen molar-refractivity contribution in [1.29, 1.82) is 0 Å². The van der Waals surface area contributed by atoms with Crippen LogP contribution < -0.4 is 0 Å². The summed E-state index contributed by atoms with van der Waals surface area (Å²) in [4.78, 5) is 7.32. The molecule has 1 aliphatic rings. The van der Waals surface area contributed by atoms with Crippen LogP contribution in [0.4, 0.5) is 4.39 Å². The van der Waals surface area contributed by atoms with Gasteiger partial charge in [0.1, 0.15) is 5.82 Å². The van der Waals surface area contributed by atoms with Crippen LogP contribution in [0.1, 0.15) is 30.0 Å². The van der Waals surface area contributed by atoms with E-state index < -0.39 is 0 Å². The van der Waals surface area contributed by atoms with Gasteiger partial charge >= 0.3 is 0 Å². The third kappa shape index (κ3) is 3.83. The Balaban J connectivity index is 1.50. The second kappa shape index (κ2) is 7.38. The molecule has 5 heteroatoms. The SMILES string of the molecule is Cn1cc(CN2CCC[C@@H](c3cccc(-c4cccc(F)c4)n3)C2)cn1. The van der Waals surface area contributed by atoms with E-state index in [1.54, 1.807) is 12.1 Å². The number of rotatable bonds is 4. The van der Waals surface area contributed by atoms with E-state index in [2.05, 4.69) is 22.3 Å². The van der Waals surface area contributed by atoms with E-state index in [9.17, 15) is 4.39 Å². The van der Waals surface area contributed by atoms with E-state index >= 15 is 0 Å². The van der Waals surface area contributed by atoms with Gasteiger partial charge in [-0.1, -0.05) is 18.2 Å². The average Bonchev–Trinajstić information content (AvgIpc) is 3.07. The predicted octanol–water partition coefficient (Wildman–Crippen LogP) is 4.00. The smallest absolute Gasteiger partial charge is 0.123 e. The van der Waals surface area contributed by atoms with Crippen molar-refractivity contribution in [2.45, 2.75) is 25.3 Å². The third-order valence-electron chi connectivity index (χ3n) is 4.98. The van der Waals surface area contributed by atoms with Crippen molar-refractivity contribution in [3.63, 3.8) is 0 Å². The van der Waals surface area contributed by atoms with E-state index in [1.165, 1.54) is 11.6 Å². The molecule has 0 bridgehead atoms. The number of hydrogen-bond donors (Lipinski definition) is 0. The summed E-state index contributed by atoms with van der Waals surface area (Å²) < 4.78 is 15.4. The van der Waals surface area contributed by atoms with Crippen LogP contribution in [0.2, 0.25) is 0 Å². The van der Waals surface area contributed by atoms with Gasteiger partial charge in [-0.15, -0.1) is 0 Å². The molecule has 4 nitrogen and oxygen atoms in total. The number of halogens is 1. The summed E-state index contributed by atoms with van der Waals surface area (Å²) in [6, 6.07) is 12.7. The lowest BCUT2D eigenvalue weighted by molar-refractivity contribution is 0.198. The first kappa shape index (κ1) is 16.9. The largest absolute Gasteiger partial charge is 0.298 e. The Hall–Kier alpha value is -2.53. The zero-order valence-electron chi connectivity index (χ0n) is 15.0. The van der Waals surface area contributed by atoms with E-state index in [0.717, 1.165) is 49.4 Å². The molecule has 1 saturated heterocycles. The highest BCUT2D eigenvalue weighted by molar-refractivity contribution is 5.59. The summed E-state index contributed by atoms with van der Waals surface area (Å²) in [6.07, 6.45) is 6.32. The molecule has 0 amide bonds. The van der Waals surface area contributed by atoms with Crippen molar-refractivity contribution in [3.8, 4) is 11.3 Å². The van der Waals surface area contributed by atoms with E-state index in [4.69, 9.17) is 4.98 Å². The molecule has 2 aromatic heterocycles. The monoisotopic (exact) mass is 350 g/mol. The second-order valence-electron chi connectivity index (χ2n) is 7.05. The van der Waals surface area contributed by atoms with Crippen molar-refractivity contribution < 1.29 is 4.39 Å². The van der Waals surface area contributed by atoms with E-state index in [-0.39, 0.29) is 5.82 Å². The maximum Gasteiger partial charge on any atom is 0.123 e. The molecular formula is C21H23FN4. The van der Waals surface area contributed by atoms with Crippen LogP contribution in [0.3, 0.4) is 0 Å². The van der Waals surface area contributed by atoms with Gasteiger partial charge in [-0.25, -0.2) is 4.39 Å². The zero-order valence-corrected chi connectivity index (χ0v) is 15.0. The molecule has 0 saturated carbocycles. The zero-order chi connectivity index (χ0) is 17.9. The molecule has 1 fully saturated rings. The minimum absolute atomic E-state index is 0.227. The lowest BCUT2D eigenvalue weighted by Crippen LogP contribution is -2.34. The van der Waals surface area contributed by atoms with Crippen LogP contribution >= 0.6 is 0 Å². The maximum absolute atomic E-state index is 13.5. The van der Waals surface area contributed by atoms with Crippen LogP contribution in [-0.4, -0.2) is 32.8 Å². The summed E-state index contributed by atoms with van der Waals surface area (Å²) in [7, 11) is 1.95. The highest BCUT2D eigenvalue weighted by Crippen LogP contribution is 2.28. The summed E-state index contributed by atoms with van der Waals surface area (Å²) >= 11 is 0. The summed E-state index contributed by atoms with van der Waals surface area (Å²) in [5, 5.41) is 4.26. The first-order valence-electron chi connectivity index (χ1n) is 9.10. The molecule has 0 aliphatic carbocycles. The molecule has 26 heavy (non-hydrogen) atoms. The van der Waals surface area contributed by atoms with Crippen molar-refractivity contribution in [2.24, 2.45) is 7.05 Å². The molecule has 3 aromatic rings. The minimum atomic E-state index is -0.227. The van der Waals surface area contributed by atoms with E-state index in [1.807, 2.05) is 36.1 Å². The number of pyridine rings is 1. The Bertz CT molecular complexity index is 889. The van der Waals surface area contributed by atoms with Crippen molar-refractivity contribution in [1.82, 2.24) is 19.7 Å². The van der Waals surface area contributed by atoms with Gasteiger partial charge in [0, 0.05) is 49.1 Å². The quantitative estimate of drug-likeness (QED) is 0.713. The summed E-state index contributed by atoms with van der Waals surface area (Å²) in [5.41, 5.74) is 4.01. The fourth-order valence-corrected chi connectivity index (χ4v) is 3.74. The lowest BCUT2D eigenvalue weighted by Gasteiger charge is -2.32. The minimum Gasteiger partial charge on any atom is -0.298 e. The van der Waals surface area contributed by atoms with Crippen LogP contribution in [0.15, 0.2) is 54.9 Å². The number of benzene rings is 1.